The van der Waals surface area contributed by atoms with E-state index in [2.05, 4.69) is 41.9 Å². The summed E-state index contributed by atoms with van der Waals surface area (Å²) in [5.74, 6) is 0. The van der Waals surface area contributed by atoms with E-state index >= 15 is 0 Å². The van der Waals surface area contributed by atoms with E-state index in [1.165, 1.54) is 0 Å². The summed E-state index contributed by atoms with van der Waals surface area (Å²) in [6.45, 7) is 17.9. The first-order valence-electron chi connectivity index (χ1n) is 8.39. The van der Waals surface area contributed by atoms with Crippen LogP contribution in [-0.2, 0) is 0 Å². The third-order valence-electron chi connectivity index (χ3n) is 2.41. The molecule has 0 bridgehead atoms. The predicted molar refractivity (Wildman–Crippen MR) is 109 cm³/mol. The molecule has 0 aliphatic rings. The SMILES string of the molecule is C=C/C=C(\C=C/C)c1nnc(C(/C=C\CC)=C/C)s1.CC.CC. The summed E-state index contributed by atoms with van der Waals surface area (Å²) in [6.07, 6.45) is 15.0. The number of rotatable bonds is 6. The van der Waals surface area contributed by atoms with Crippen LogP contribution in [0.1, 0.15) is 64.9 Å². The van der Waals surface area contributed by atoms with Gasteiger partial charge in [-0.15, -0.1) is 10.2 Å². The van der Waals surface area contributed by atoms with Gasteiger partial charge in [-0.3, -0.25) is 0 Å². The molecule has 0 aromatic carbocycles. The van der Waals surface area contributed by atoms with Crippen molar-refractivity contribution in [1.29, 1.82) is 0 Å². The number of aromatic nitrogens is 2. The number of nitrogens with zero attached hydrogens (tertiary/aromatic N) is 2. The van der Waals surface area contributed by atoms with Crippen molar-refractivity contribution >= 4 is 22.5 Å². The first-order valence-corrected chi connectivity index (χ1v) is 9.20. The number of hydrogen-bond acceptors (Lipinski definition) is 3. The highest BCUT2D eigenvalue weighted by Crippen LogP contribution is 2.26. The fraction of sp³-hybridized carbons (Fsp3) is 0.400. The van der Waals surface area contributed by atoms with Crippen molar-refractivity contribution < 1.29 is 0 Å². The van der Waals surface area contributed by atoms with Gasteiger partial charge in [0.15, 0.2) is 0 Å². The third kappa shape index (κ3) is 9.09. The van der Waals surface area contributed by atoms with Gasteiger partial charge in [-0.05, 0) is 20.3 Å². The second kappa shape index (κ2) is 16.6. The van der Waals surface area contributed by atoms with Gasteiger partial charge >= 0.3 is 0 Å². The molecule has 1 rings (SSSR count). The molecule has 0 spiro atoms. The van der Waals surface area contributed by atoms with Gasteiger partial charge in [0.25, 0.3) is 0 Å². The topological polar surface area (TPSA) is 25.8 Å². The highest BCUT2D eigenvalue weighted by Gasteiger charge is 2.08. The molecule has 0 fully saturated rings. The quantitative estimate of drug-likeness (QED) is 0.519. The Bertz CT molecular complexity index is 532. The second-order valence-electron chi connectivity index (χ2n) is 3.82. The van der Waals surface area contributed by atoms with Gasteiger partial charge in [0, 0.05) is 11.1 Å². The van der Waals surface area contributed by atoms with Crippen LogP contribution in [0.3, 0.4) is 0 Å². The van der Waals surface area contributed by atoms with Crippen LogP contribution in [0.15, 0.2) is 49.1 Å². The summed E-state index contributed by atoms with van der Waals surface area (Å²) in [7, 11) is 0. The van der Waals surface area contributed by atoms with Crippen LogP contribution in [0.25, 0.3) is 11.1 Å². The zero-order valence-corrected chi connectivity index (χ0v) is 16.6. The van der Waals surface area contributed by atoms with Gasteiger partial charge in [0.05, 0.1) is 0 Å². The van der Waals surface area contributed by atoms with Crippen molar-refractivity contribution in [2.24, 2.45) is 0 Å². The van der Waals surface area contributed by atoms with Gasteiger partial charge in [-0.2, -0.15) is 0 Å². The molecule has 0 N–H and O–H groups in total. The van der Waals surface area contributed by atoms with Crippen LogP contribution in [0.4, 0.5) is 0 Å². The van der Waals surface area contributed by atoms with Crippen LogP contribution in [0.2, 0.25) is 0 Å². The van der Waals surface area contributed by atoms with E-state index in [0.717, 1.165) is 27.6 Å². The zero-order chi connectivity index (χ0) is 18.1. The van der Waals surface area contributed by atoms with Crippen LogP contribution in [-0.4, -0.2) is 10.2 Å². The Kier molecular flexibility index (Phi) is 17.0. The van der Waals surface area contributed by atoms with E-state index in [1.54, 1.807) is 17.4 Å². The minimum Gasteiger partial charge on any atom is -0.138 e. The largest absolute Gasteiger partial charge is 0.148 e. The van der Waals surface area contributed by atoms with E-state index in [4.69, 9.17) is 0 Å². The van der Waals surface area contributed by atoms with Crippen molar-refractivity contribution in [2.45, 2.75) is 54.9 Å². The molecule has 0 unspecified atom stereocenters. The highest BCUT2D eigenvalue weighted by atomic mass is 32.1. The summed E-state index contributed by atoms with van der Waals surface area (Å²) < 4.78 is 0. The first-order chi connectivity index (χ1) is 11.3. The van der Waals surface area contributed by atoms with Crippen LogP contribution in [0.5, 0.6) is 0 Å². The maximum atomic E-state index is 4.27. The molecule has 128 valence electrons. The van der Waals surface area contributed by atoms with E-state index in [1.807, 2.05) is 59.8 Å². The standard InChI is InChI=1S/C16H20N2S.2C2H6/c1-5-9-12-13(8-4)15-17-18-16(19-15)14(10-6-2)11-7-3;2*1-2/h6-12H,2,5H2,1,3-4H3;2*1-2H3/b11-7-,12-9-,13-8+,14-10+;;. The average Bonchev–Trinajstić information content (AvgIpc) is 3.09. The lowest BCUT2D eigenvalue weighted by Crippen LogP contribution is -1.80. The molecular weight excluding hydrogens is 300 g/mol. The Morgan fingerprint density at radius 2 is 1.57 bits per heavy atom. The Labute approximate surface area is 147 Å². The molecule has 1 aromatic rings. The van der Waals surface area contributed by atoms with E-state index < -0.39 is 0 Å². The van der Waals surface area contributed by atoms with Gasteiger partial charge in [-0.25, -0.2) is 0 Å². The van der Waals surface area contributed by atoms with Gasteiger partial charge in [0.2, 0.25) is 0 Å². The molecule has 0 saturated carbocycles. The maximum absolute atomic E-state index is 4.27. The third-order valence-corrected chi connectivity index (χ3v) is 3.43. The summed E-state index contributed by atoms with van der Waals surface area (Å²) in [5, 5.41) is 10.4. The molecule has 0 radical (unpaired) electrons. The highest BCUT2D eigenvalue weighted by molar-refractivity contribution is 7.13. The van der Waals surface area contributed by atoms with Crippen LogP contribution in [0, 0.1) is 0 Å². The van der Waals surface area contributed by atoms with Crippen LogP contribution < -0.4 is 0 Å². The normalized spacial score (nSPS) is 11.8. The molecule has 0 amide bonds. The summed E-state index contributed by atoms with van der Waals surface area (Å²) in [5.41, 5.74) is 2.15. The molecule has 3 heteroatoms. The molecule has 1 heterocycles. The number of allylic oxidation sites excluding steroid dienone is 9. The van der Waals surface area contributed by atoms with Crippen molar-refractivity contribution in [2.75, 3.05) is 0 Å². The lowest BCUT2D eigenvalue weighted by Gasteiger charge is -1.94. The zero-order valence-electron chi connectivity index (χ0n) is 15.8. The molecular formula is C20H32N2S. The van der Waals surface area contributed by atoms with E-state index in [-0.39, 0.29) is 0 Å². The summed E-state index contributed by atoms with van der Waals surface area (Å²) in [4.78, 5) is 0. The Balaban J connectivity index is 0. The molecule has 23 heavy (non-hydrogen) atoms. The molecule has 0 atom stereocenters. The Hall–Kier alpha value is -1.74. The second-order valence-corrected chi connectivity index (χ2v) is 4.80. The van der Waals surface area contributed by atoms with E-state index in [9.17, 15) is 0 Å². The molecule has 0 saturated heterocycles. The van der Waals surface area contributed by atoms with Crippen molar-refractivity contribution in [3.8, 4) is 0 Å². The smallest absolute Gasteiger partial charge is 0.138 e. The van der Waals surface area contributed by atoms with Gasteiger partial charge < -0.3 is 0 Å². The molecule has 0 aliphatic carbocycles. The van der Waals surface area contributed by atoms with Crippen molar-refractivity contribution in [3.05, 3.63) is 59.1 Å². The lowest BCUT2D eigenvalue weighted by molar-refractivity contribution is 1.06. The van der Waals surface area contributed by atoms with E-state index in [0.29, 0.717) is 0 Å². The maximum Gasteiger partial charge on any atom is 0.148 e. The van der Waals surface area contributed by atoms with Gasteiger partial charge in [-0.1, -0.05) is 95.1 Å². The molecule has 2 nitrogen and oxygen atoms in total. The minimum atomic E-state index is 0.914. The lowest BCUT2D eigenvalue weighted by atomic mass is 10.2. The minimum absolute atomic E-state index is 0.914. The fourth-order valence-corrected chi connectivity index (χ4v) is 2.40. The number of hydrogen-bond donors (Lipinski definition) is 0. The average molecular weight is 333 g/mol. The van der Waals surface area contributed by atoms with Gasteiger partial charge in [0.1, 0.15) is 10.0 Å². The summed E-state index contributed by atoms with van der Waals surface area (Å²) >= 11 is 1.59. The predicted octanol–water partition coefficient (Wildman–Crippen LogP) is 7.11. The first kappa shape index (κ1) is 23.5. The van der Waals surface area contributed by atoms with Crippen molar-refractivity contribution in [3.63, 3.8) is 0 Å². The van der Waals surface area contributed by atoms with Crippen LogP contribution >= 0.6 is 11.3 Å². The van der Waals surface area contributed by atoms with Crippen molar-refractivity contribution in [1.82, 2.24) is 10.2 Å². The molecule has 1 aromatic heterocycles. The summed E-state index contributed by atoms with van der Waals surface area (Å²) in [6, 6.07) is 0. The fourth-order valence-electron chi connectivity index (χ4n) is 1.50. The molecule has 0 aliphatic heterocycles. The monoisotopic (exact) mass is 332 g/mol. The Morgan fingerprint density at radius 3 is 2.00 bits per heavy atom. The Morgan fingerprint density at radius 1 is 1.00 bits per heavy atom.